The average Bonchev–Trinajstić information content (AvgIpc) is 1.66. The molecule has 0 spiro atoms. The molecule has 0 radical (unpaired) electrons. The number of carbonyl (C=O) groups is 5. The molecule has 24 heteroatoms. The zero-order valence-electron chi connectivity index (χ0n) is 52.4. The number of aliphatic hydroxyl groups excluding tert-OH is 1. The van der Waals surface area contributed by atoms with Gasteiger partial charge in [-0.25, -0.2) is 19.4 Å². The number of nitrogens with two attached hydrogens (primary N) is 1. The van der Waals surface area contributed by atoms with E-state index in [1.165, 1.54) is 36.2 Å². The molecule has 5 aliphatic rings. The summed E-state index contributed by atoms with van der Waals surface area (Å²) < 4.78 is 71.3. The van der Waals surface area contributed by atoms with Gasteiger partial charge in [0.15, 0.2) is 41.7 Å². The highest BCUT2D eigenvalue weighted by molar-refractivity contribution is 6.07. The van der Waals surface area contributed by atoms with Crippen LogP contribution in [0, 0.1) is 11.8 Å². The van der Waals surface area contributed by atoms with E-state index in [2.05, 4.69) is 30.3 Å². The van der Waals surface area contributed by atoms with Gasteiger partial charge in [0.25, 0.3) is 11.8 Å². The van der Waals surface area contributed by atoms with Crippen molar-refractivity contribution in [1.82, 2.24) is 15.1 Å². The lowest BCUT2D eigenvalue weighted by Crippen LogP contribution is -2.54. The Bertz CT molecular complexity index is 3100. The zero-order valence-corrected chi connectivity index (χ0v) is 52.4. The summed E-state index contributed by atoms with van der Waals surface area (Å²) in [5.74, 6) is 5.78. The number of rotatable bonds is 25. The number of hydrogen-bond donors (Lipinski definition) is 3. The molecule has 8 rings (SSSR count). The Kier molecular flexibility index (Phi) is 23.4. The molecule has 3 aromatic rings. The molecule has 1 unspecified atom stereocenters. The maximum Gasteiger partial charge on any atom is 0.417 e. The summed E-state index contributed by atoms with van der Waals surface area (Å²) in [5.41, 5.74) is 7.19. The predicted octanol–water partition coefficient (Wildman–Crippen LogP) is 6.98. The zero-order chi connectivity index (χ0) is 64.0. The van der Waals surface area contributed by atoms with E-state index in [4.69, 9.17) is 62.6 Å². The van der Waals surface area contributed by atoms with Crippen LogP contribution >= 0.6 is 0 Å². The fraction of sp³-hybridized carbons (Fsp3) is 0.554. The van der Waals surface area contributed by atoms with Gasteiger partial charge in [-0.3, -0.25) is 14.4 Å². The second kappa shape index (κ2) is 30.8. The summed E-state index contributed by atoms with van der Waals surface area (Å²) in [4.78, 5) is 76.2. The Morgan fingerprint density at radius 1 is 0.674 bits per heavy atom. The molecule has 4 N–H and O–H groups in total. The van der Waals surface area contributed by atoms with Crippen molar-refractivity contribution < 1.29 is 85.9 Å². The smallest absolute Gasteiger partial charge is 0.417 e. The van der Waals surface area contributed by atoms with E-state index in [1.54, 1.807) is 70.7 Å². The molecular formula is C65H86N6O18. The van der Waals surface area contributed by atoms with Gasteiger partial charge in [0, 0.05) is 50.4 Å². The van der Waals surface area contributed by atoms with Crippen molar-refractivity contribution in [3.8, 4) is 34.8 Å². The van der Waals surface area contributed by atoms with Crippen LogP contribution in [0.25, 0.3) is 0 Å². The number of nitrogens with one attached hydrogen (secondary N) is 1. The van der Waals surface area contributed by atoms with Crippen LogP contribution in [0.5, 0.6) is 23.0 Å². The van der Waals surface area contributed by atoms with Crippen LogP contribution in [0.15, 0.2) is 66.8 Å². The third-order valence-corrected chi connectivity index (χ3v) is 14.8. The van der Waals surface area contributed by atoms with Crippen molar-refractivity contribution >= 4 is 41.3 Å². The first-order valence-corrected chi connectivity index (χ1v) is 30.1. The maximum atomic E-state index is 14.7. The molecule has 3 saturated heterocycles. The Morgan fingerprint density at radius 2 is 1.18 bits per heavy atom. The average molecular weight is 1240 g/mol. The number of ether oxygens (including phenoxy) is 12. The molecule has 3 aromatic carbocycles. The summed E-state index contributed by atoms with van der Waals surface area (Å²) in [5, 5.41) is 14.7. The van der Waals surface area contributed by atoms with Crippen molar-refractivity contribution in [2.75, 3.05) is 110 Å². The number of amides is 5. The summed E-state index contributed by atoms with van der Waals surface area (Å²) in [6.45, 7) is 22.8. The van der Waals surface area contributed by atoms with Crippen LogP contribution in [0.4, 0.5) is 21.0 Å². The van der Waals surface area contributed by atoms with Gasteiger partial charge in [0.05, 0.1) is 108 Å². The lowest BCUT2D eigenvalue weighted by atomic mass is 10.1. The SMILES string of the molecule is C=C1C[C@H]2[C@H](O)N(C(=O)OC(C)(C)C)c3cc(OCc4cc(C#CCNC(=O)CCOCCOCCOCCOCCN)cc(COc5cc6c(cc5OC)C(=O)N5CC(=C)C[C@H]5[C@H](OC5CCCCO5)N6C(=O)OC(C)(C)C)c4)c(OC)cc3C(=O)N2C1. The van der Waals surface area contributed by atoms with Crippen molar-refractivity contribution in [1.29, 1.82) is 0 Å². The normalized spacial score (nSPS) is 19.9. The number of hydrogen-bond acceptors (Lipinski definition) is 19. The number of methoxy groups -OCH3 is 2. The third-order valence-electron chi connectivity index (χ3n) is 14.8. The van der Waals surface area contributed by atoms with E-state index in [-0.39, 0.29) is 110 Å². The lowest BCUT2D eigenvalue weighted by Gasteiger charge is -2.39. The molecular weight excluding hydrogens is 1150 g/mol. The molecule has 484 valence electrons. The molecule has 3 fully saturated rings. The topological polar surface area (TPSA) is 267 Å². The van der Waals surface area contributed by atoms with Crippen LogP contribution in [0.1, 0.15) is 117 Å². The number of benzene rings is 3. The van der Waals surface area contributed by atoms with Gasteiger partial charge < -0.3 is 82.8 Å². The molecule has 5 atom stereocenters. The van der Waals surface area contributed by atoms with E-state index < -0.39 is 60.1 Å². The second-order valence-corrected chi connectivity index (χ2v) is 24.1. The van der Waals surface area contributed by atoms with Gasteiger partial charge in [-0.15, -0.1) is 0 Å². The Hall–Kier alpha value is -7.47. The lowest BCUT2D eigenvalue weighted by molar-refractivity contribution is -0.195. The highest BCUT2D eigenvalue weighted by atomic mass is 16.7. The van der Waals surface area contributed by atoms with E-state index in [0.29, 0.717) is 88.9 Å². The minimum absolute atomic E-state index is 0.00633. The van der Waals surface area contributed by atoms with Crippen molar-refractivity contribution in [3.05, 3.63) is 94.6 Å². The molecule has 0 saturated carbocycles. The monoisotopic (exact) mass is 1240 g/mol. The van der Waals surface area contributed by atoms with E-state index in [1.807, 2.05) is 6.07 Å². The molecule has 0 aliphatic carbocycles. The fourth-order valence-corrected chi connectivity index (χ4v) is 10.8. The van der Waals surface area contributed by atoms with Crippen LogP contribution in [0.3, 0.4) is 0 Å². The number of carbonyl (C=O) groups excluding carboxylic acids is 5. The number of fused-ring (bicyclic) bond motifs is 4. The first kappa shape index (κ1) is 67.5. The van der Waals surface area contributed by atoms with Gasteiger partial charge in [-0.05, 0) is 115 Å². The first-order chi connectivity index (χ1) is 42.6. The van der Waals surface area contributed by atoms with Crippen LogP contribution in [-0.2, 0) is 55.9 Å². The van der Waals surface area contributed by atoms with Crippen molar-refractivity contribution in [2.45, 2.75) is 135 Å². The van der Waals surface area contributed by atoms with E-state index >= 15 is 0 Å². The van der Waals surface area contributed by atoms with E-state index in [9.17, 15) is 29.1 Å². The van der Waals surface area contributed by atoms with Crippen LogP contribution < -0.4 is 39.8 Å². The van der Waals surface area contributed by atoms with Gasteiger partial charge in [-0.1, -0.05) is 36.1 Å². The first-order valence-electron chi connectivity index (χ1n) is 30.1. The van der Waals surface area contributed by atoms with E-state index in [0.717, 1.165) is 28.9 Å². The minimum atomic E-state index is -1.51. The van der Waals surface area contributed by atoms with Gasteiger partial charge in [0.2, 0.25) is 5.91 Å². The summed E-state index contributed by atoms with van der Waals surface area (Å²) in [7, 11) is 2.87. The fourth-order valence-electron chi connectivity index (χ4n) is 10.8. The standard InChI is InChI=1S/C65H86N6O18/c1-41-28-50-60(75)70(62(76)88-64(3,4)5)48-35-54(52(78-9)33-46(48)58(73)68(50)37-41)85-39-44-30-43(14-13-18-67-56(72)16-20-80-22-24-82-26-27-83-25-23-81-21-17-66)31-45(32-44)40-86-55-36-49-47(34-53(55)79-10)59(74)69-38-42(2)29-51(69)61(87-57-15-11-12-19-84-57)71(49)63(77)89-65(6,7)8/h30-36,50-51,57,60-61,75H,1-2,11-12,15-29,37-40,66H2,3-10H3,(H,67,72)/t50-,51-,57?,60-,61-/m0/s1. The summed E-state index contributed by atoms with van der Waals surface area (Å²) in [6.07, 6.45) is -1.79. The number of nitrogens with zero attached hydrogens (tertiary/aromatic N) is 4. The third kappa shape index (κ3) is 17.9. The quantitative estimate of drug-likeness (QED) is 0.0438. The Morgan fingerprint density at radius 3 is 1.70 bits per heavy atom. The van der Waals surface area contributed by atoms with Gasteiger partial charge >= 0.3 is 12.2 Å². The van der Waals surface area contributed by atoms with Crippen molar-refractivity contribution in [2.24, 2.45) is 5.73 Å². The molecule has 5 amide bonds. The van der Waals surface area contributed by atoms with Gasteiger partial charge in [0.1, 0.15) is 24.4 Å². The molecule has 0 aromatic heterocycles. The molecule has 89 heavy (non-hydrogen) atoms. The number of anilines is 2. The molecule has 0 bridgehead atoms. The predicted molar refractivity (Wildman–Crippen MR) is 327 cm³/mol. The Balaban J connectivity index is 1.06. The van der Waals surface area contributed by atoms with Crippen molar-refractivity contribution in [3.63, 3.8) is 0 Å². The highest BCUT2D eigenvalue weighted by Crippen LogP contribution is 2.45. The largest absolute Gasteiger partial charge is 0.493 e. The molecule has 5 aliphatic heterocycles. The maximum absolute atomic E-state index is 14.7. The highest BCUT2D eigenvalue weighted by Gasteiger charge is 2.50. The Labute approximate surface area is 520 Å². The van der Waals surface area contributed by atoms with Crippen LogP contribution in [-0.4, -0.2) is 187 Å². The molecule has 24 nitrogen and oxygen atoms in total. The summed E-state index contributed by atoms with van der Waals surface area (Å²) in [6, 6.07) is 10.1. The number of aliphatic hydroxyl groups is 1. The second-order valence-electron chi connectivity index (χ2n) is 24.1. The van der Waals surface area contributed by atoms with Gasteiger partial charge in [-0.2, -0.15) is 0 Å². The minimum Gasteiger partial charge on any atom is -0.493 e. The summed E-state index contributed by atoms with van der Waals surface area (Å²) >= 11 is 0. The van der Waals surface area contributed by atoms with Crippen LogP contribution in [0.2, 0.25) is 0 Å². The molecule has 5 heterocycles.